The summed E-state index contributed by atoms with van der Waals surface area (Å²) in [6, 6.07) is 48.9. The van der Waals surface area contributed by atoms with Gasteiger partial charge in [0.25, 0.3) is 0 Å². The molecule has 55 heavy (non-hydrogen) atoms. The Bertz CT molecular complexity index is 2890. The van der Waals surface area contributed by atoms with Crippen LogP contribution in [0.25, 0.3) is 44.0 Å². The maximum absolute atomic E-state index is 8.80. The van der Waals surface area contributed by atoms with E-state index in [-0.39, 0.29) is 31.6 Å². The molecule has 0 aliphatic carbocycles. The molecule has 0 spiro atoms. The molecule has 0 saturated carbocycles. The number of nitrogens with zero attached hydrogens (tertiary/aromatic N) is 2. The smallest absolute Gasteiger partial charge is 0.120 e. The third-order valence-electron chi connectivity index (χ3n) is 9.77. The zero-order chi connectivity index (χ0) is 41.9. The molecule has 6 aromatic carbocycles. The van der Waals surface area contributed by atoms with E-state index in [1.165, 1.54) is 28.0 Å². The minimum Gasteiger partial charge on any atom is -0.501 e. The minimum absolute atomic E-state index is 0. The minimum atomic E-state index is -2.36. The van der Waals surface area contributed by atoms with Crippen molar-refractivity contribution in [2.24, 2.45) is 10.4 Å². The topological polar surface area (TPSA) is 38.4 Å². The van der Waals surface area contributed by atoms with Gasteiger partial charge in [-0.3, -0.25) is 4.99 Å². The summed E-state index contributed by atoms with van der Waals surface area (Å²) >= 11 is -2.36. The fourth-order valence-electron chi connectivity index (χ4n) is 7.27. The van der Waals surface area contributed by atoms with Gasteiger partial charge in [-0.1, -0.05) is 89.8 Å². The number of pyridine rings is 1. The average Bonchev–Trinajstić information content (AvgIpc) is 3.79. The number of hydrogen-bond acceptors (Lipinski definition) is 3. The standard InChI is InChI=1S/C30H18NO.C20H28GeN.Ir/c1-2-9-20-18-21(17-16-19(20)8-1)28-24-11-3-5-14-26(24)31-29(28)25-13-7-12-23-22-10-4-6-15-27(22)32-30(23)25;1-15-8-10-16(11-9-15)19-12-17(13-20(2,3)4)18(14-22-19)21(5,6)7;/h1-12,14-18,28H;8-10,12,14H,13H2,1-7H3;/q2*-1;/i;1D3,13D2;. The molecule has 0 saturated heterocycles. The molecule has 1 aliphatic heterocycles. The third kappa shape index (κ3) is 8.05. The van der Waals surface area contributed by atoms with Crippen LogP contribution in [0.5, 0.6) is 0 Å². The summed E-state index contributed by atoms with van der Waals surface area (Å²) in [7, 11) is 0. The molecule has 1 aliphatic rings. The molecule has 1 atom stereocenters. The van der Waals surface area contributed by atoms with Gasteiger partial charge in [0.1, 0.15) is 5.58 Å². The molecule has 1 unspecified atom stereocenters. The van der Waals surface area contributed by atoms with E-state index in [0.717, 1.165) is 43.3 Å². The maximum atomic E-state index is 8.80. The number of aliphatic imine (C=N–C) groups is 1. The molecule has 8 aromatic rings. The number of furan rings is 1. The first-order valence-corrected chi connectivity index (χ1v) is 25.8. The Balaban J connectivity index is 0.000000182. The van der Waals surface area contributed by atoms with Gasteiger partial charge < -0.3 is 4.42 Å². The fraction of sp³-hybridized carbons (Fsp3) is 0.200. The zero-order valence-electron chi connectivity index (χ0n) is 36.9. The van der Waals surface area contributed by atoms with E-state index in [2.05, 4.69) is 113 Å². The molecule has 3 heterocycles. The van der Waals surface area contributed by atoms with Gasteiger partial charge in [-0.2, -0.15) is 0 Å². The Kier molecular flexibility index (Phi) is 9.19. The van der Waals surface area contributed by atoms with Gasteiger partial charge in [0.05, 0.1) is 11.3 Å². The molecule has 0 N–H and O–H groups in total. The second-order valence-electron chi connectivity index (χ2n) is 16.0. The van der Waals surface area contributed by atoms with Gasteiger partial charge in [0, 0.05) is 31.4 Å². The zero-order valence-corrected chi connectivity index (χ0v) is 36.4. The van der Waals surface area contributed by atoms with Crippen LogP contribution in [0.15, 0.2) is 143 Å². The first kappa shape index (κ1) is 32.6. The van der Waals surface area contributed by atoms with Crippen molar-refractivity contribution in [2.75, 3.05) is 0 Å². The van der Waals surface area contributed by atoms with Crippen molar-refractivity contribution >= 4 is 61.8 Å². The SMILES string of the molecule is [2H]C([2H])([2H])c1c[c-]c(-c2cc(C([2H])([2H])C(C)(C)C)[c]([Ge]([CH3])([CH3])[CH3])cn2)cc1.[Ir].[c-]1ccc2c(oc3ccccc32)c1C1=Nc2ccccc2C1c1ccc2ccccc2c1. The van der Waals surface area contributed by atoms with Crippen LogP contribution in [-0.4, -0.2) is 24.0 Å². The van der Waals surface area contributed by atoms with Crippen LogP contribution in [0.2, 0.25) is 17.3 Å². The summed E-state index contributed by atoms with van der Waals surface area (Å²) < 4.78 is 47.4. The number of fused-ring (bicyclic) bond motifs is 5. The van der Waals surface area contributed by atoms with E-state index in [1.54, 1.807) is 12.1 Å². The van der Waals surface area contributed by atoms with Gasteiger partial charge in [-0.15, -0.1) is 18.2 Å². The summed E-state index contributed by atoms with van der Waals surface area (Å²) in [4.78, 5) is 9.68. The quantitative estimate of drug-likeness (QED) is 0.127. The molecule has 1 radical (unpaired) electrons. The van der Waals surface area contributed by atoms with Crippen LogP contribution in [-0.2, 0) is 26.5 Å². The Morgan fingerprint density at radius 1 is 0.818 bits per heavy atom. The number of aromatic nitrogens is 1. The fourth-order valence-corrected chi connectivity index (χ4v) is 10.2. The Morgan fingerprint density at radius 3 is 2.35 bits per heavy atom. The number of rotatable bonds is 5. The van der Waals surface area contributed by atoms with E-state index >= 15 is 0 Å². The van der Waals surface area contributed by atoms with Crippen LogP contribution in [0.4, 0.5) is 5.69 Å². The summed E-state index contributed by atoms with van der Waals surface area (Å²) in [6.45, 7) is 3.55. The Hall–Kier alpha value is -4.61. The van der Waals surface area contributed by atoms with E-state index in [0.29, 0.717) is 16.8 Å². The summed E-state index contributed by atoms with van der Waals surface area (Å²) in [5, 5.41) is 4.70. The molecule has 277 valence electrons. The number of para-hydroxylation sites is 2. The van der Waals surface area contributed by atoms with Crippen LogP contribution in [0.1, 0.15) is 61.4 Å². The second-order valence-corrected chi connectivity index (χ2v) is 26.6. The second kappa shape index (κ2) is 15.5. The largest absolute Gasteiger partial charge is 0.501 e. The van der Waals surface area contributed by atoms with Crippen molar-refractivity contribution in [3.05, 3.63) is 174 Å². The van der Waals surface area contributed by atoms with E-state index in [9.17, 15) is 0 Å². The summed E-state index contributed by atoms with van der Waals surface area (Å²) in [5.41, 5.74) is 8.79. The molecule has 0 fully saturated rings. The molecule has 2 aromatic heterocycles. The molecule has 3 nitrogen and oxygen atoms in total. The van der Waals surface area contributed by atoms with Crippen LogP contribution in [0, 0.1) is 24.4 Å². The molecule has 5 heteroatoms. The molecule has 0 amide bonds. The Labute approximate surface area is 348 Å². The number of aryl methyl sites for hydroxylation is 1. The van der Waals surface area contributed by atoms with Crippen LogP contribution in [0.3, 0.4) is 0 Å². The van der Waals surface area contributed by atoms with Gasteiger partial charge >= 0.3 is 145 Å². The summed E-state index contributed by atoms with van der Waals surface area (Å²) in [6.07, 6.45) is 0.303. The van der Waals surface area contributed by atoms with Crippen LogP contribution >= 0.6 is 0 Å². The molecular weight excluding hydrogens is 909 g/mol. The molecule has 9 rings (SSSR count). The third-order valence-corrected chi connectivity index (χ3v) is 14.0. The van der Waals surface area contributed by atoms with Crippen molar-refractivity contribution in [1.29, 1.82) is 0 Å². The van der Waals surface area contributed by atoms with Gasteiger partial charge in [-0.05, 0) is 39.7 Å². The van der Waals surface area contributed by atoms with Gasteiger partial charge in [0.2, 0.25) is 0 Å². The molecular formula is C50H46GeIrN2O-2. The summed E-state index contributed by atoms with van der Waals surface area (Å²) in [5.74, 6) is 6.73. The number of hydrogen-bond donors (Lipinski definition) is 0. The average molecular weight is 961 g/mol. The van der Waals surface area contributed by atoms with Gasteiger partial charge in [0.15, 0.2) is 0 Å². The van der Waals surface area contributed by atoms with E-state index in [1.807, 2.05) is 57.3 Å². The van der Waals surface area contributed by atoms with Crippen molar-refractivity contribution in [3.63, 3.8) is 0 Å². The monoisotopic (exact) mass is 962 g/mol. The van der Waals surface area contributed by atoms with Crippen molar-refractivity contribution in [2.45, 2.75) is 57.2 Å². The van der Waals surface area contributed by atoms with Crippen LogP contribution < -0.4 is 4.40 Å². The predicted molar refractivity (Wildman–Crippen MR) is 230 cm³/mol. The predicted octanol–water partition coefficient (Wildman–Crippen LogP) is 12.8. The van der Waals surface area contributed by atoms with E-state index in [4.69, 9.17) is 16.3 Å². The Morgan fingerprint density at radius 2 is 1.58 bits per heavy atom. The van der Waals surface area contributed by atoms with Gasteiger partial charge in [-0.25, -0.2) is 0 Å². The molecule has 0 bridgehead atoms. The normalized spacial score (nSPS) is 15.8. The van der Waals surface area contributed by atoms with Crippen molar-refractivity contribution in [1.82, 2.24) is 4.98 Å². The maximum Gasteiger partial charge on any atom is 0.120 e. The van der Waals surface area contributed by atoms with Crippen molar-refractivity contribution in [3.8, 4) is 11.3 Å². The number of benzene rings is 6. The first-order chi connectivity index (χ1) is 27.9. The van der Waals surface area contributed by atoms with E-state index < -0.39 is 31.9 Å². The van der Waals surface area contributed by atoms with Crippen molar-refractivity contribution < 1.29 is 31.4 Å². The first-order valence-electron chi connectivity index (χ1n) is 20.9.